The Morgan fingerprint density at radius 2 is 2.37 bits per heavy atom. The lowest BCUT2D eigenvalue weighted by Gasteiger charge is -1.95. The third-order valence-corrected chi connectivity index (χ3v) is 3.30. The first kappa shape index (κ1) is 11.8. The Balaban J connectivity index is 1.71. The average Bonchev–Trinajstić information content (AvgIpc) is 3.07. The van der Waals surface area contributed by atoms with E-state index in [1.165, 1.54) is 16.4 Å². The van der Waals surface area contributed by atoms with E-state index in [0.717, 1.165) is 0 Å². The fourth-order valence-corrected chi connectivity index (χ4v) is 2.21. The van der Waals surface area contributed by atoms with E-state index in [4.69, 9.17) is 8.94 Å². The minimum absolute atomic E-state index is 0.383. The van der Waals surface area contributed by atoms with Gasteiger partial charge in [0.25, 0.3) is 0 Å². The number of furan rings is 1. The molecule has 0 saturated heterocycles. The van der Waals surface area contributed by atoms with Crippen molar-refractivity contribution in [3.05, 3.63) is 34.8 Å². The second-order valence-corrected chi connectivity index (χ2v) is 4.59. The molecule has 19 heavy (non-hydrogen) atoms. The summed E-state index contributed by atoms with van der Waals surface area (Å²) in [6, 6.07) is 3.50. The molecule has 0 bridgehead atoms. The Morgan fingerprint density at radius 1 is 1.47 bits per heavy atom. The van der Waals surface area contributed by atoms with Gasteiger partial charge in [0.2, 0.25) is 11.7 Å². The molecule has 0 aliphatic rings. The van der Waals surface area contributed by atoms with E-state index >= 15 is 0 Å². The number of aryl methyl sites for hydroxylation is 1. The fraction of sp³-hybridized carbons (Fsp3) is 0.200. The first-order valence-corrected chi connectivity index (χ1v) is 6.33. The summed E-state index contributed by atoms with van der Waals surface area (Å²) in [5.74, 6) is 1.81. The lowest BCUT2D eigenvalue weighted by Crippen LogP contribution is -2.03. The van der Waals surface area contributed by atoms with Gasteiger partial charge >= 0.3 is 5.69 Å². The number of nitrogens with zero attached hydrogens (tertiary/aromatic N) is 4. The van der Waals surface area contributed by atoms with Gasteiger partial charge in [-0.3, -0.25) is 4.68 Å². The zero-order chi connectivity index (χ0) is 13.2. The molecule has 3 rings (SSSR count). The summed E-state index contributed by atoms with van der Waals surface area (Å²) in [5.41, 5.74) is -0.383. The highest BCUT2D eigenvalue weighted by Crippen LogP contribution is 2.21. The number of aromatic amines is 1. The van der Waals surface area contributed by atoms with Crippen LogP contribution in [0.2, 0.25) is 0 Å². The molecule has 3 aromatic rings. The van der Waals surface area contributed by atoms with Crippen molar-refractivity contribution in [2.24, 2.45) is 7.05 Å². The summed E-state index contributed by atoms with van der Waals surface area (Å²) >= 11 is 1.33. The molecule has 1 N–H and O–H groups in total. The van der Waals surface area contributed by atoms with Crippen LogP contribution in [-0.4, -0.2) is 24.9 Å². The highest BCUT2D eigenvalue weighted by Gasteiger charge is 2.12. The van der Waals surface area contributed by atoms with Crippen molar-refractivity contribution in [3.8, 4) is 11.6 Å². The lowest BCUT2D eigenvalue weighted by molar-refractivity contribution is 0.390. The molecule has 0 spiro atoms. The maximum atomic E-state index is 11.0. The first-order chi connectivity index (χ1) is 9.22. The zero-order valence-electron chi connectivity index (χ0n) is 9.86. The Bertz CT molecular complexity index is 727. The van der Waals surface area contributed by atoms with Gasteiger partial charge < -0.3 is 8.94 Å². The standard InChI is InChI=1S/C10H9N5O3S/c1-15-10(12-9(16)13-15)19-5-7-11-8(14-18-7)6-3-2-4-17-6/h2-4H,5H2,1H3,(H,13,16). The molecule has 0 amide bonds. The van der Waals surface area contributed by atoms with E-state index in [9.17, 15) is 4.79 Å². The van der Waals surface area contributed by atoms with Gasteiger partial charge in [0, 0.05) is 7.05 Å². The first-order valence-electron chi connectivity index (χ1n) is 5.34. The minimum Gasteiger partial charge on any atom is -0.461 e. The molecule has 0 radical (unpaired) electrons. The van der Waals surface area contributed by atoms with Gasteiger partial charge in [0.05, 0.1) is 12.0 Å². The number of aromatic nitrogens is 5. The van der Waals surface area contributed by atoms with Gasteiger partial charge in [-0.05, 0) is 12.1 Å². The predicted octanol–water partition coefficient (Wildman–Crippen LogP) is 1.04. The zero-order valence-corrected chi connectivity index (χ0v) is 10.7. The Kier molecular flexibility index (Phi) is 2.95. The summed E-state index contributed by atoms with van der Waals surface area (Å²) in [4.78, 5) is 19.0. The van der Waals surface area contributed by atoms with Gasteiger partial charge in [-0.2, -0.15) is 9.97 Å². The van der Waals surface area contributed by atoms with E-state index in [0.29, 0.717) is 28.4 Å². The third kappa shape index (κ3) is 2.45. The van der Waals surface area contributed by atoms with Crippen LogP contribution in [-0.2, 0) is 12.8 Å². The van der Waals surface area contributed by atoms with Gasteiger partial charge in [0.1, 0.15) is 0 Å². The molecule has 3 aromatic heterocycles. The molecular weight excluding hydrogens is 270 g/mol. The molecule has 0 atom stereocenters. The van der Waals surface area contributed by atoms with E-state index in [2.05, 4.69) is 20.2 Å². The SMILES string of the molecule is Cn1[nH]c(=O)nc1SCc1nc(-c2ccco2)no1. The van der Waals surface area contributed by atoms with Crippen LogP contribution in [0.5, 0.6) is 0 Å². The maximum absolute atomic E-state index is 11.0. The largest absolute Gasteiger partial charge is 0.461 e. The lowest BCUT2D eigenvalue weighted by atomic mass is 10.4. The fourth-order valence-electron chi connectivity index (χ4n) is 1.45. The number of hydrogen-bond acceptors (Lipinski definition) is 7. The highest BCUT2D eigenvalue weighted by molar-refractivity contribution is 7.98. The van der Waals surface area contributed by atoms with Crippen LogP contribution < -0.4 is 5.69 Å². The van der Waals surface area contributed by atoms with Crippen molar-refractivity contribution in [2.75, 3.05) is 0 Å². The molecule has 3 heterocycles. The van der Waals surface area contributed by atoms with Crippen molar-refractivity contribution in [2.45, 2.75) is 10.9 Å². The molecule has 8 nitrogen and oxygen atoms in total. The van der Waals surface area contributed by atoms with Gasteiger partial charge in [-0.15, -0.1) is 0 Å². The summed E-state index contributed by atoms with van der Waals surface area (Å²) in [5, 5.41) is 6.89. The van der Waals surface area contributed by atoms with Gasteiger partial charge in [-0.1, -0.05) is 16.9 Å². The second kappa shape index (κ2) is 4.76. The number of nitrogens with one attached hydrogen (secondary N) is 1. The van der Waals surface area contributed by atoms with Crippen LogP contribution in [0.25, 0.3) is 11.6 Å². The van der Waals surface area contributed by atoms with E-state index in [1.807, 2.05) is 0 Å². The average molecular weight is 279 g/mol. The predicted molar refractivity (Wildman–Crippen MR) is 65.4 cm³/mol. The summed E-state index contributed by atoms with van der Waals surface area (Å²) in [6.45, 7) is 0. The Hall–Kier alpha value is -2.29. The van der Waals surface area contributed by atoms with E-state index < -0.39 is 0 Å². The molecule has 0 aliphatic carbocycles. The molecule has 0 fully saturated rings. The number of thioether (sulfide) groups is 1. The highest BCUT2D eigenvalue weighted by atomic mass is 32.2. The Labute approximate surface area is 110 Å². The summed E-state index contributed by atoms with van der Waals surface area (Å²) in [7, 11) is 1.71. The van der Waals surface area contributed by atoms with Crippen molar-refractivity contribution < 1.29 is 8.94 Å². The maximum Gasteiger partial charge on any atom is 0.362 e. The summed E-state index contributed by atoms with van der Waals surface area (Å²) in [6.07, 6.45) is 1.54. The van der Waals surface area contributed by atoms with Crippen LogP contribution in [0.4, 0.5) is 0 Å². The molecule has 0 saturated carbocycles. The molecule has 0 unspecified atom stereocenters. The van der Waals surface area contributed by atoms with Crippen molar-refractivity contribution in [3.63, 3.8) is 0 Å². The normalized spacial score (nSPS) is 11.0. The van der Waals surface area contributed by atoms with Crippen LogP contribution in [0.3, 0.4) is 0 Å². The van der Waals surface area contributed by atoms with Crippen LogP contribution in [0, 0.1) is 0 Å². The smallest absolute Gasteiger partial charge is 0.362 e. The van der Waals surface area contributed by atoms with Crippen molar-refractivity contribution in [1.29, 1.82) is 0 Å². The number of rotatable bonds is 4. The topological polar surface area (TPSA) is 103 Å². The number of H-pyrrole nitrogens is 1. The van der Waals surface area contributed by atoms with Crippen molar-refractivity contribution in [1.82, 2.24) is 24.9 Å². The van der Waals surface area contributed by atoms with Crippen LogP contribution >= 0.6 is 11.8 Å². The monoisotopic (exact) mass is 279 g/mol. The van der Waals surface area contributed by atoms with Gasteiger partial charge in [0.15, 0.2) is 10.9 Å². The second-order valence-electron chi connectivity index (χ2n) is 3.65. The molecule has 9 heteroatoms. The molecule has 98 valence electrons. The van der Waals surface area contributed by atoms with Gasteiger partial charge in [-0.25, -0.2) is 9.89 Å². The molecule has 0 aromatic carbocycles. The quantitative estimate of drug-likeness (QED) is 0.712. The van der Waals surface area contributed by atoms with Crippen molar-refractivity contribution >= 4 is 11.8 Å². The number of hydrogen-bond donors (Lipinski definition) is 1. The minimum atomic E-state index is -0.383. The molecular formula is C10H9N5O3S. The Morgan fingerprint density at radius 3 is 3.05 bits per heavy atom. The molecule has 0 aliphatic heterocycles. The van der Waals surface area contributed by atoms with E-state index in [1.54, 1.807) is 25.4 Å². The third-order valence-electron chi connectivity index (χ3n) is 2.28. The summed E-state index contributed by atoms with van der Waals surface area (Å²) < 4.78 is 11.8. The van der Waals surface area contributed by atoms with Crippen LogP contribution in [0.15, 0.2) is 37.3 Å². The van der Waals surface area contributed by atoms with E-state index in [-0.39, 0.29) is 5.69 Å². The van der Waals surface area contributed by atoms with Crippen LogP contribution in [0.1, 0.15) is 5.89 Å².